The van der Waals surface area contributed by atoms with Crippen LogP contribution in [0, 0.1) is 13.8 Å². The molecule has 7 heteroatoms. The first-order chi connectivity index (χ1) is 13.6. The van der Waals surface area contributed by atoms with Crippen LogP contribution in [-0.4, -0.2) is 44.2 Å². The maximum absolute atomic E-state index is 9.50. The number of anilines is 2. The van der Waals surface area contributed by atoms with Crippen molar-refractivity contribution in [1.29, 1.82) is 0 Å². The largest absolute Gasteiger partial charge is 0.395 e. The van der Waals surface area contributed by atoms with Gasteiger partial charge < -0.3 is 10.4 Å². The first-order valence-corrected chi connectivity index (χ1v) is 10.5. The first kappa shape index (κ1) is 19.0. The molecule has 2 N–H and O–H groups in total. The van der Waals surface area contributed by atoms with Crippen LogP contribution in [0.3, 0.4) is 0 Å². The number of likely N-dealkylation sites (tertiary alicyclic amines) is 1. The molecule has 3 aromatic rings. The van der Waals surface area contributed by atoms with Gasteiger partial charge in [0.2, 0.25) is 5.95 Å². The molecule has 1 aliphatic heterocycles. The number of rotatable bonds is 6. The Labute approximate surface area is 169 Å². The number of aliphatic hydroxyl groups is 1. The van der Waals surface area contributed by atoms with E-state index in [0.717, 1.165) is 48.0 Å². The Morgan fingerprint density at radius 1 is 1.21 bits per heavy atom. The van der Waals surface area contributed by atoms with Crippen molar-refractivity contribution in [2.45, 2.75) is 39.3 Å². The average molecular weight is 396 g/mol. The molecule has 0 radical (unpaired) electrons. The van der Waals surface area contributed by atoms with Crippen molar-refractivity contribution >= 4 is 23.0 Å². The van der Waals surface area contributed by atoms with E-state index in [4.69, 9.17) is 4.98 Å². The molecule has 1 saturated heterocycles. The monoisotopic (exact) mass is 395 g/mol. The molecule has 1 fully saturated rings. The summed E-state index contributed by atoms with van der Waals surface area (Å²) in [5.74, 6) is 0.569. The van der Waals surface area contributed by atoms with Gasteiger partial charge in [0, 0.05) is 29.9 Å². The average Bonchev–Trinajstić information content (AvgIpc) is 3.31. The Bertz CT molecular complexity index is 937. The molecule has 1 atom stereocenters. The normalized spacial score (nSPS) is 17.2. The van der Waals surface area contributed by atoms with Crippen molar-refractivity contribution in [3.63, 3.8) is 0 Å². The highest BCUT2D eigenvalue weighted by Crippen LogP contribution is 2.26. The Kier molecular flexibility index (Phi) is 5.66. The Hall–Kier alpha value is -2.35. The molecular formula is C21H25N5OS. The second kappa shape index (κ2) is 8.34. The minimum Gasteiger partial charge on any atom is -0.395 e. The SMILES string of the molecule is Cc1cc(C)cc(Nc2nccc(-c3nc(CN4CCC[C@H]4CO)cs3)n2)c1. The molecule has 6 nitrogen and oxygen atoms in total. The highest BCUT2D eigenvalue weighted by molar-refractivity contribution is 7.13. The lowest BCUT2D eigenvalue weighted by atomic mass is 10.1. The summed E-state index contributed by atoms with van der Waals surface area (Å²) in [6.45, 7) is 6.18. The maximum atomic E-state index is 9.50. The lowest BCUT2D eigenvalue weighted by molar-refractivity contribution is 0.152. The van der Waals surface area contributed by atoms with E-state index >= 15 is 0 Å². The predicted octanol–water partition coefficient (Wildman–Crippen LogP) is 3.92. The fourth-order valence-corrected chi connectivity index (χ4v) is 4.51. The second-order valence-electron chi connectivity index (χ2n) is 7.36. The molecule has 0 bridgehead atoms. The molecule has 0 unspecified atom stereocenters. The van der Waals surface area contributed by atoms with Crippen molar-refractivity contribution < 1.29 is 5.11 Å². The summed E-state index contributed by atoms with van der Waals surface area (Å²) in [6.07, 6.45) is 3.96. The number of thiazole rings is 1. The van der Waals surface area contributed by atoms with Crippen LogP contribution in [0.4, 0.5) is 11.6 Å². The third-order valence-electron chi connectivity index (χ3n) is 4.98. The van der Waals surface area contributed by atoms with E-state index in [1.165, 1.54) is 11.1 Å². The van der Waals surface area contributed by atoms with Crippen molar-refractivity contribution in [3.05, 3.63) is 52.7 Å². The van der Waals surface area contributed by atoms with Gasteiger partial charge in [-0.3, -0.25) is 4.90 Å². The van der Waals surface area contributed by atoms with Gasteiger partial charge in [-0.25, -0.2) is 15.0 Å². The fourth-order valence-electron chi connectivity index (χ4n) is 3.73. The number of nitrogens with one attached hydrogen (secondary N) is 1. The van der Waals surface area contributed by atoms with Crippen LogP contribution in [0.15, 0.2) is 35.8 Å². The van der Waals surface area contributed by atoms with Gasteiger partial charge in [-0.1, -0.05) is 6.07 Å². The quantitative estimate of drug-likeness (QED) is 0.659. The summed E-state index contributed by atoms with van der Waals surface area (Å²) in [5.41, 5.74) is 5.23. The topological polar surface area (TPSA) is 74.2 Å². The molecule has 2 aromatic heterocycles. The molecule has 1 aromatic carbocycles. The lowest BCUT2D eigenvalue weighted by Crippen LogP contribution is -2.31. The highest BCUT2D eigenvalue weighted by atomic mass is 32.1. The summed E-state index contributed by atoms with van der Waals surface area (Å²) in [6, 6.07) is 8.46. The number of benzene rings is 1. The third-order valence-corrected chi connectivity index (χ3v) is 5.89. The number of nitrogens with zero attached hydrogens (tertiary/aromatic N) is 4. The molecule has 28 heavy (non-hydrogen) atoms. The molecule has 4 rings (SSSR count). The highest BCUT2D eigenvalue weighted by Gasteiger charge is 2.24. The third kappa shape index (κ3) is 4.38. The van der Waals surface area contributed by atoms with Crippen LogP contribution in [0.5, 0.6) is 0 Å². The predicted molar refractivity (Wildman–Crippen MR) is 113 cm³/mol. The standard InChI is InChI=1S/C21H25N5OS/c1-14-8-15(2)10-16(9-14)24-21-22-6-5-19(25-21)20-23-17(13-28-20)11-26-7-3-4-18(26)12-27/h5-6,8-10,13,18,27H,3-4,7,11-12H2,1-2H3,(H,22,24,25)/t18-/m0/s1. The van der Waals surface area contributed by atoms with Gasteiger partial charge in [0.15, 0.2) is 0 Å². The van der Waals surface area contributed by atoms with Gasteiger partial charge in [0.05, 0.1) is 12.3 Å². The van der Waals surface area contributed by atoms with Crippen LogP contribution in [-0.2, 0) is 6.54 Å². The smallest absolute Gasteiger partial charge is 0.227 e. The van der Waals surface area contributed by atoms with Crippen molar-refractivity contribution in [2.24, 2.45) is 0 Å². The molecule has 1 aliphatic rings. The second-order valence-corrected chi connectivity index (χ2v) is 8.22. The molecule has 146 valence electrons. The van der Waals surface area contributed by atoms with Crippen LogP contribution in [0.25, 0.3) is 10.7 Å². The van der Waals surface area contributed by atoms with Crippen molar-refractivity contribution in [2.75, 3.05) is 18.5 Å². The van der Waals surface area contributed by atoms with Gasteiger partial charge >= 0.3 is 0 Å². The summed E-state index contributed by atoms with van der Waals surface area (Å²) < 4.78 is 0. The number of hydrogen-bond donors (Lipinski definition) is 2. The van der Waals surface area contributed by atoms with E-state index in [9.17, 15) is 5.11 Å². The van der Waals surface area contributed by atoms with Gasteiger partial charge in [0.1, 0.15) is 10.7 Å². The zero-order valence-corrected chi connectivity index (χ0v) is 17.0. The van der Waals surface area contributed by atoms with Crippen molar-refractivity contribution in [3.8, 4) is 10.7 Å². The number of hydrogen-bond acceptors (Lipinski definition) is 7. The first-order valence-electron chi connectivity index (χ1n) is 9.59. The summed E-state index contributed by atoms with van der Waals surface area (Å²) in [7, 11) is 0. The number of aryl methyl sites for hydroxylation is 2. The van der Waals surface area contributed by atoms with E-state index < -0.39 is 0 Å². The zero-order valence-electron chi connectivity index (χ0n) is 16.2. The van der Waals surface area contributed by atoms with E-state index in [-0.39, 0.29) is 12.6 Å². The minimum atomic E-state index is 0.219. The molecule has 0 saturated carbocycles. The Morgan fingerprint density at radius 2 is 2.04 bits per heavy atom. The van der Waals surface area contributed by atoms with E-state index in [1.807, 2.05) is 6.07 Å². The van der Waals surface area contributed by atoms with Crippen LogP contribution in [0.2, 0.25) is 0 Å². The Balaban J connectivity index is 1.49. The zero-order chi connectivity index (χ0) is 19.5. The Morgan fingerprint density at radius 3 is 2.82 bits per heavy atom. The summed E-state index contributed by atoms with van der Waals surface area (Å²) in [5, 5.41) is 15.8. The molecular weight excluding hydrogens is 370 g/mol. The van der Waals surface area contributed by atoms with Gasteiger partial charge in [-0.05, 0) is 62.6 Å². The molecule has 0 aliphatic carbocycles. The van der Waals surface area contributed by atoms with Gasteiger partial charge in [0.25, 0.3) is 0 Å². The van der Waals surface area contributed by atoms with Crippen LogP contribution in [0.1, 0.15) is 29.7 Å². The van der Waals surface area contributed by atoms with Gasteiger partial charge in [-0.2, -0.15) is 0 Å². The molecule has 0 spiro atoms. The fraction of sp³-hybridized carbons (Fsp3) is 0.381. The number of aliphatic hydroxyl groups excluding tert-OH is 1. The summed E-state index contributed by atoms with van der Waals surface area (Å²) >= 11 is 1.60. The van der Waals surface area contributed by atoms with E-state index in [2.05, 4.69) is 57.6 Å². The van der Waals surface area contributed by atoms with Crippen LogP contribution < -0.4 is 5.32 Å². The van der Waals surface area contributed by atoms with E-state index in [1.54, 1.807) is 17.5 Å². The minimum absolute atomic E-state index is 0.219. The number of aromatic nitrogens is 3. The lowest BCUT2D eigenvalue weighted by Gasteiger charge is -2.21. The molecule has 3 heterocycles. The molecule has 0 amide bonds. The van der Waals surface area contributed by atoms with E-state index in [0.29, 0.717) is 5.95 Å². The van der Waals surface area contributed by atoms with Crippen molar-refractivity contribution in [1.82, 2.24) is 19.9 Å². The van der Waals surface area contributed by atoms with Crippen LogP contribution >= 0.6 is 11.3 Å². The maximum Gasteiger partial charge on any atom is 0.227 e. The summed E-state index contributed by atoms with van der Waals surface area (Å²) in [4.78, 5) is 16.1. The van der Waals surface area contributed by atoms with Gasteiger partial charge in [-0.15, -0.1) is 11.3 Å².